The zero-order valence-electron chi connectivity index (χ0n) is 15.9. The van der Waals surface area contributed by atoms with Gasteiger partial charge in [-0.15, -0.1) is 0 Å². The molecule has 0 radical (unpaired) electrons. The standard InChI is InChI=1S/C21H21NO6S/c1-14(23)29-19(10-16-7-8-17-18(9-16)28-13-27-17)21(25)22-11-20(24)26-12-15-5-3-2-4-6-15/h2-9,19H,10-13H2,1H3,(H,22,25)/t19-/m0/s1. The van der Waals surface area contributed by atoms with Crippen LogP contribution in [0.4, 0.5) is 0 Å². The Morgan fingerprint density at radius 3 is 2.59 bits per heavy atom. The van der Waals surface area contributed by atoms with Gasteiger partial charge in [-0.1, -0.05) is 48.2 Å². The smallest absolute Gasteiger partial charge is 0.325 e. The van der Waals surface area contributed by atoms with Crippen LogP contribution in [0.15, 0.2) is 48.5 Å². The highest BCUT2D eigenvalue weighted by Gasteiger charge is 2.24. The van der Waals surface area contributed by atoms with E-state index in [4.69, 9.17) is 14.2 Å². The van der Waals surface area contributed by atoms with Gasteiger partial charge in [-0.05, 0) is 29.7 Å². The van der Waals surface area contributed by atoms with Gasteiger partial charge in [0.15, 0.2) is 16.6 Å². The van der Waals surface area contributed by atoms with Crippen molar-refractivity contribution in [3.05, 3.63) is 59.7 Å². The van der Waals surface area contributed by atoms with E-state index in [1.807, 2.05) is 36.4 Å². The summed E-state index contributed by atoms with van der Waals surface area (Å²) in [5, 5.41) is 1.70. The fraction of sp³-hybridized carbons (Fsp3) is 0.286. The number of rotatable bonds is 8. The summed E-state index contributed by atoms with van der Waals surface area (Å²) in [6.45, 7) is 1.44. The molecule has 2 aromatic rings. The molecule has 0 unspecified atom stereocenters. The van der Waals surface area contributed by atoms with Crippen molar-refractivity contribution in [3.63, 3.8) is 0 Å². The zero-order valence-corrected chi connectivity index (χ0v) is 16.7. The summed E-state index contributed by atoms with van der Waals surface area (Å²) in [6, 6.07) is 14.6. The number of nitrogens with one attached hydrogen (secondary N) is 1. The number of ether oxygens (including phenoxy) is 3. The molecule has 1 heterocycles. The topological polar surface area (TPSA) is 90.9 Å². The van der Waals surface area contributed by atoms with Crippen LogP contribution in [-0.4, -0.2) is 35.6 Å². The number of thioether (sulfide) groups is 1. The van der Waals surface area contributed by atoms with E-state index >= 15 is 0 Å². The number of hydrogen-bond acceptors (Lipinski definition) is 7. The molecule has 8 heteroatoms. The van der Waals surface area contributed by atoms with Gasteiger partial charge >= 0.3 is 5.97 Å². The van der Waals surface area contributed by atoms with Crippen molar-refractivity contribution in [3.8, 4) is 11.5 Å². The summed E-state index contributed by atoms with van der Waals surface area (Å²) < 4.78 is 15.8. The Labute approximate surface area is 172 Å². The van der Waals surface area contributed by atoms with Crippen molar-refractivity contribution in [2.24, 2.45) is 0 Å². The second-order valence-electron chi connectivity index (χ2n) is 6.35. The molecular formula is C21H21NO6S. The van der Waals surface area contributed by atoms with Crippen LogP contribution >= 0.6 is 11.8 Å². The second kappa shape index (κ2) is 9.97. The molecular weight excluding hydrogens is 394 g/mol. The first-order valence-electron chi connectivity index (χ1n) is 9.04. The van der Waals surface area contributed by atoms with Gasteiger partial charge < -0.3 is 19.5 Å². The van der Waals surface area contributed by atoms with Crippen molar-refractivity contribution < 1.29 is 28.6 Å². The van der Waals surface area contributed by atoms with Crippen LogP contribution in [0.1, 0.15) is 18.1 Å². The van der Waals surface area contributed by atoms with Crippen LogP contribution in [0.3, 0.4) is 0 Å². The molecule has 152 valence electrons. The van der Waals surface area contributed by atoms with Crippen molar-refractivity contribution in [2.45, 2.75) is 25.2 Å². The normalized spacial score (nSPS) is 12.9. The van der Waals surface area contributed by atoms with Crippen LogP contribution in [0.5, 0.6) is 11.5 Å². The fourth-order valence-corrected chi connectivity index (χ4v) is 3.60. The third-order valence-electron chi connectivity index (χ3n) is 4.11. The third-order valence-corrected chi connectivity index (χ3v) is 5.11. The molecule has 1 aliphatic heterocycles. The summed E-state index contributed by atoms with van der Waals surface area (Å²) in [7, 11) is 0. The van der Waals surface area contributed by atoms with Crippen LogP contribution < -0.4 is 14.8 Å². The van der Waals surface area contributed by atoms with Gasteiger partial charge in [-0.3, -0.25) is 14.4 Å². The number of esters is 1. The van der Waals surface area contributed by atoms with E-state index in [0.29, 0.717) is 17.9 Å². The Hall–Kier alpha value is -3.00. The lowest BCUT2D eigenvalue weighted by atomic mass is 10.1. The molecule has 1 atom stereocenters. The predicted octanol–water partition coefficient (Wildman–Crippen LogP) is 2.47. The molecule has 0 aliphatic carbocycles. The zero-order chi connectivity index (χ0) is 20.6. The SMILES string of the molecule is CC(=O)S[C@@H](Cc1ccc2c(c1)OCO2)C(=O)NCC(=O)OCc1ccccc1. The van der Waals surface area contributed by atoms with Crippen molar-refractivity contribution in [2.75, 3.05) is 13.3 Å². The highest BCUT2D eigenvalue weighted by atomic mass is 32.2. The van der Waals surface area contributed by atoms with Crippen LogP contribution in [0.25, 0.3) is 0 Å². The Kier molecular flexibility index (Phi) is 7.13. The molecule has 3 rings (SSSR count). The lowest BCUT2D eigenvalue weighted by Gasteiger charge is -2.15. The van der Waals surface area contributed by atoms with Crippen LogP contribution in [0, 0.1) is 0 Å². The molecule has 7 nitrogen and oxygen atoms in total. The summed E-state index contributed by atoms with van der Waals surface area (Å²) >= 11 is 0.923. The molecule has 0 fully saturated rings. The average molecular weight is 415 g/mol. The first kappa shape index (κ1) is 20.7. The van der Waals surface area contributed by atoms with Gasteiger partial charge in [0.25, 0.3) is 0 Å². The highest BCUT2D eigenvalue weighted by Crippen LogP contribution is 2.33. The molecule has 0 bridgehead atoms. The van der Waals surface area contributed by atoms with E-state index in [1.165, 1.54) is 6.92 Å². The minimum Gasteiger partial charge on any atom is -0.460 e. The van der Waals surface area contributed by atoms with Gasteiger partial charge in [-0.2, -0.15) is 0 Å². The maximum Gasteiger partial charge on any atom is 0.325 e. The van der Waals surface area contributed by atoms with Crippen molar-refractivity contribution in [1.29, 1.82) is 0 Å². The number of hydrogen-bond donors (Lipinski definition) is 1. The quantitative estimate of drug-likeness (QED) is 0.662. The maximum absolute atomic E-state index is 12.5. The summed E-state index contributed by atoms with van der Waals surface area (Å²) in [5.74, 6) is 0.311. The fourth-order valence-electron chi connectivity index (χ4n) is 2.73. The molecule has 0 aromatic heterocycles. The van der Waals surface area contributed by atoms with E-state index in [9.17, 15) is 14.4 Å². The van der Waals surface area contributed by atoms with Gasteiger partial charge in [0, 0.05) is 6.92 Å². The average Bonchev–Trinajstić information content (AvgIpc) is 3.18. The predicted molar refractivity (Wildman–Crippen MR) is 108 cm³/mol. The van der Waals surface area contributed by atoms with Crippen molar-refractivity contribution >= 4 is 28.8 Å². The van der Waals surface area contributed by atoms with Gasteiger partial charge in [-0.25, -0.2) is 0 Å². The van der Waals surface area contributed by atoms with E-state index in [-0.39, 0.29) is 25.1 Å². The largest absolute Gasteiger partial charge is 0.460 e. The summed E-state index contributed by atoms with van der Waals surface area (Å²) in [5.41, 5.74) is 1.69. The minimum atomic E-state index is -0.671. The molecule has 2 aromatic carbocycles. The summed E-state index contributed by atoms with van der Waals surface area (Å²) in [4.78, 5) is 36.0. The molecule has 0 saturated carbocycles. The third kappa shape index (κ3) is 6.25. The minimum absolute atomic E-state index is 0.137. The Balaban J connectivity index is 1.53. The maximum atomic E-state index is 12.5. The van der Waals surface area contributed by atoms with Gasteiger partial charge in [0.05, 0.1) is 5.25 Å². The van der Waals surface area contributed by atoms with Crippen LogP contribution in [0.2, 0.25) is 0 Å². The first-order valence-corrected chi connectivity index (χ1v) is 9.92. The van der Waals surface area contributed by atoms with E-state index in [0.717, 1.165) is 22.9 Å². The second-order valence-corrected chi connectivity index (χ2v) is 7.73. The van der Waals surface area contributed by atoms with Gasteiger partial charge in [0.1, 0.15) is 13.2 Å². The number of fused-ring (bicyclic) bond motifs is 1. The number of amides is 1. The monoisotopic (exact) mass is 415 g/mol. The molecule has 1 aliphatic rings. The number of carbonyl (C=O) groups excluding carboxylic acids is 3. The van der Waals surface area contributed by atoms with Crippen LogP contribution in [-0.2, 0) is 32.1 Å². The highest BCUT2D eigenvalue weighted by molar-refractivity contribution is 8.14. The molecule has 1 N–H and O–H groups in total. The Morgan fingerprint density at radius 1 is 1.07 bits per heavy atom. The molecule has 0 saturated heterocycles. The number of benzene rings is 2. The molecule has 0 spiro atoms. The molecule has 29 heavy (non-hydrogen) atoms. The Bertz CT molecular complexity index is 886. The van der Waals surface area contributed by atoms with E-state index < -0.39 is 17.1 Å². The Morgan fingerprint density at radius 2 is 1.83 bits per heavy atom. The van der Waals surface area contributed by atoms with E-state index in [1.54, 1.807) is 12.1 Å². The molecule has 1 amide bonds. The lowest BCUT2D eigenvalue weighted by molar-refractivity contribution is -0.145. The van der Waals surface area contributed by atoms with Gasteiger partial charge in [0.2, 0.25) is 12.7 Å². The first-order chi connectivity index (χ1) is 14.0. The van der Waals surface area contributed by atoms with E-state index in [2.05, 4.69) is 5.32 Å². The lowest BCUT2D eigenvalue weighted by Crippen LogP contribution is -2.38. The summed E-state index contributed by atoms with van der Waals surface area (Å²) in [6.07, 6.45) is 0.311. The number of carbonyl (C=O) groups is 3. The van der Waals surface area contributed by atoms with Crippen molar-refractivity contribution in [1.82, 2.24) is 5.32 Å².